The van der Waals surface area contributed by atoms with E-state index in [1.165, 1.54) is 21.5 Å². The minimum Gasteiger partial charge on any atom is -0.478 e. The molecule has 0 radical (unpaired) electrons. The third-order valence-electron chi connectivity index (χ3n) is 13.6. The Labute approximate surface area is 571 Å². The number of nitrogens with zero attached hydrogens (tertiary/aromatic N) is 12. The Morgan fingerprint density at radius 1 is 0.438 bits per heavy atom. The average Bonchev–Trinajstić information content (AvgIpc) is 1.76. The summed E-state index contributed by atoms with van der Waals surface area (Å²) in [4.78, 5) is 71.1. The molecule has 0 aromatic carbocycles. The van der Waals surface area contributed by atoms with Crippen molar-refractivity contribution in [2.24, 2.45) is 23.7 Å². The van der Waals surface area contributed by atoms with Crippen LogP contribution in [0.25, 0.3) is 23.3 Å². The van der Waals surface area contributed by atoms with Crippen LogP contribution < -0.4 is 18.9 Å². The van der Waals surface area contributed by atoms with Crippen LogP contribution in [0.15, 0.2) is 97.6 Å². The van der Waals surface area contributed by atoms with E-state index in [9.17, 15) is 32.3 Å². The van der Waals surface area contributed by atoms with Crippen LogP contribution in [0.3, 0.4) is 0 Å². The maximum atomic E-state index is 12.1. The molecule has 8 heterocycles. The second kappa shape index (κ2) is 31.8. The molecule has 0 unspecified atom stereocenters. The standard InChI is InChI=1S/2C17H20ClN3O3.2C13H12ClN3O3.C2HF3O.2CH4/c2*1-10-9-12(10)23-14-7-8-21(20-14)13-6-5-11(15(18)19-13)16(22)24-17(2,3)4;2*1-7-6-9(7)20-11-4-5-17(16-11)10-3-2-8(13(18)19)12(14)15-10;3-2(4,5)1-6;;/h2*5-8,10,12H,9H2,1-4H3;2*2-5,7,9H,6H2,1H3,(H,18,19);1H;2*1H4/t2*10-,12-;2*7-,9-;;;/m1010.../s1. The average molecular weight is 1420 g/mol. The number of carbonyl (C=O) groups excluding carboxylic acids is 3. The molecule has 2 N–H and O–H groups in total. The van der Waals surface area contributed by atoms with Gasteiger partial charge in [-0.15, -0.1) is 20.4 Å². The number of carboxylic acid groups (broad SMARTS) is 2. The van der Waals surface area contributed by atoms with Gasteiger partial charge in [0.2, 0.25) is 29.8 Å². The number of esters is 2. The number of aldehydes is 1. The van der Waals surface area contributed by atoms with Gasteiger partial charge in [-0.3, -0.25) is 4.79 Å². The maximum Gasteiger partial charge on any atom is 0.446 e. The smallest absolute Gasteiger partial charge is 0.446 e. The fourth-order valence-electron chi connectivity index (χ4n) is 7.92. The van der Waals surface area contributed by atoms with Crippen molar-refractivity contribution >= 4 is 76.6 Å². The summed E-state index contributed by atoms with van der Waals surface area (Å²) in [5.41, 5.74) is -0.797. The normalized spacial score (nSPS) is 19.3. The van der Waals surface area contributed by atoms with E-state index < -0.39 is 47.5 Å². The van der Waals surface area contributed by atoms with Gasteiger partial charge in [-0.05, 0) is 139 Å². The first-order chi connectivity index (χ1) is 44.1. The summed E-state index contributed by atoms with van der Waals surface area (Å²) in [7, 11) is 0. The van der Waals surface area contributed by atoms with Crippen LogP contribution in [0.4, 0.5) is 13.2 Å². The van der Waals surface area contributed by atoms with Crippen molar-refractivity contribution in [2.45, 2.75) is 152 Å². The summed E-state index contributed by atoms with van der Waals surface area (Å²) in [5, 5.41) is 34.9. The molecule has 8 aromatic heterocycles. The van der Waals surface area contributed by atoms with E-state index in [1.807, 2.05) is 0 Å². The summed E-state index contributed by atoms with van der Waals surface area (Å²) < 4.78 is 70.7. The van der Waals surface area contributed by atoms with Gasteiger partial charge in [0.05, 0.1) is 22.3 Å². The van der Waals surface area contributed by atoms with Gasteiger partial charge in [0.15, 0.2) is 23.3 Å². The molecule has 4 aliphatic carbocycles. The molecule has 4 aliphatic rings. The molecular weight excluding hydrogens is 1340 g/mol. The maximum absolute atomic E-state index is 12.1. The Morgan fingerprint density at radius 2 is 0.646 bits per heavy atom. The lowest BCUT2D eigenvalue weighted by atomic mass is 10.2. The molecule has 0 spiro atoms. The number of pyridine rings is 4. The van der Waals surface area contributed by atoms with Gasteiger partial charge in [-0.1, -0.05) is 89.0 Å². The second-order valence-corrected chi connectivity index (χ2v) is 25.6. The van der Waals surface area contributed by atoms with Crippen molar-refractivity contribution in [1.29, 1.82) is 0 Å². The molecule has 0 bridgehead atoms. The SMILES string of the molecule is C.C.C[C@@H]1C[C@H]1Oc1ccn(-c2ccc(C(=O)O)c(Cl)n2)n1.C[C@@H]1C[C@H]1Oc1ccn(-c2ccc(C(=O)OC(C)(C)C)c(Cl)n2)n1.C[C@H]1C[C@@H]1Oc1ccn(-c2ccc(C(=O)O)c(Cl)n2)n1.C[C@H]1C[C@@H]1Oc1ccn(-c2ccc(C(=O)OC(C)(C)C)c(Cl)n2)n1.O=CC(F)(F)F. The Morgan fingerprint density at radius 3 is 0.812 bits per heavy atom. The van der Waals surface area contributed by atoms with Gasteiger partial charge in [0.25, 0.3) is 0 Å². The summed E-state index contributed by atoms with van der Waals surface area (Å²) in [6.45, 7) is 19.3. The van der Waals surface area contributed by atoms with Gasteiger partial charge in [0.1, 0.15) is 56.2 Å². The zero-order valence-electron chi connectivity index (χ0n) is 52.2. The number of alkyl halides is 3. The fraction of sp³-hybridized carbons (Fsp3) is 0.422. The summed E-state index contributed by atoms with van der Waals surface area (Å²) in [6, 6.07) is 19.5. The number of hydrogen-bond acceptors (Lipinski definition) is 19. The van der Waals surface area contributed by atoms with E-state index in [-0.39, 0.29) is 82.1 Å². The molecule has 12 rings (SSSR count). The van der Waals surface area contributed by atoms with E-state index in [0.29, 0.717) is 70.5 Å². The lowest BCUT2D eigenvalue weighted by Gasteiger charge is -2.19. The molecule has 4 saturated carbocycles. The van der Waals surface area contributed by atoms with Crippen molar-refractivity contribution < 1.29 is 75.8 Å². The topological polar surface area (TPSA) is 304 Å². The number of carbonyl (C=O) groups is 5. The molecule has 8 atom stereocenters. The van der Waals surface area contributed by atoms with Gasteiger partial charge >= 0.3 is 30.1 Å². The predicted molar refractivity (Wildman–Crippen MR) is 348 cm³/mol. The quantitative estimate of drug-likeness (QED) is 0.0516. The minimum atomic E-state index is -4.64. The zero-order valence-corrected chi connectivity index (χ0v) is 55.2. The first-order valence-electron chi connectivity index (χ1n) is 29.1. The van der Waals surface area contributed by atoms with Crippen LogP contribution in [0.1, 0.15) is 151 Å². The van der Waals surface area contributed by atoms with Crippen molar-refractivity contribution in [3.05, 3.63) is 140 Å². The minimum absolute atomic E-state index is 0. The second-order valence-electron chi connectivity index (χ2n) is 24.2. The Balaban J connectivity index is 0.000000196. The zero-order chi connectivity index (χ0) is 68.7. The lowest BCUT2D eigenvalue weighted by molar-refractivity contribution is -0.156. The van der Waals surface area contributed by atoms with Crippen LogP contribution in [0, 0.1) is 23.7 Å². The first kappa shape index (κ1) is 76.2. The summed E-state index contributed by atoms with van der Waals surface area (Å²) >= 11 is 23.9. The van der Waals surface area contributed by atoms with Crippen LogP contribution in [0.2, 0.25) is 20.6 Å². The van der Waals surface area contributed by atoms with Crippen LogP contribution >= 0.6 is 46.4 Å². The van der Waals surface area contributed by atoms with Gasteiger partial charge < -0.3 is 38.6 Å². The van der Waals surface area contributed by atoms with Gasteiger partial charge in [-0.2, -0.15) is 13.2 Å². The molecule has 96 heavy (non-hydrogen) atoms. The number of rotatable bonds is 16. The molecule has 0 amide bonds. The highest BCUT2D eigenvalue weighted by molar-refractivity contribution is 6.33. The van der Waals surface area contributed by atoms with E-state index in [4.69, 9.17) is 89.8 Å². The van der Waals surface area contributed by atoms with Crippen molar-refractivity contribution in [3.8, 4) is 46.8 Å². The number of carboxylic acids is 2. The van der Waals surface area contributed by atoms with Gasteiger partial charge in [-0.25, -0.2) is 57.8 Å². The molecule has 516 valence electrons. The van der Waals surface area contributed by atoms with Crippen LogP contribution in [-0.2, 0) is 14.3 Å². The molecule has 4 fully saturated rings. The monoisotopic (exact) mass is 1410 g/mol. The van der Waals surface area contributed by atoms with Crippen molar-refractivity contribution in [2.75, 3.05) is 0 Å². The summed E-state index contributed by atoms with van der Waals surface area (Å²) in [5.74, 6) is 3.14. The highest BCUT2D eigenvalue weighted by Crippen LogP contribution is 2.37. The predicted octanol–water partition coefficient (Wildman–Crippen LogP) is 14.2. The number of halogens is 7. The molecule has 8 aromatic rings. The van der Waals surface area contributed by atoms with Crippen molar-refractivity contribution in [3.63, 3.8) is 0 Å². The molecule has 0 aliphatic heterocycles. The molecule has 32 heteroatoms. The van der Waals surface area contributed by atoms with Crippen molar-refractivity contribution in [1.82, 2.24) is 59.1 Å². The van der Waals surface area contributed by atoms with E-state index in [0.717, 1.165) is 25.7 Å². The fourth-order valence-corrected chi connectivity index (χ4v) is 8.83. The lowest BCUT2D eigenvalue weighted by Crippen LogP contribution is -2.24. The van der Waals surface area contributed by atoms with E-state index in [1.54, 1.807) is 136 Å². The highest BCUT2D eigenvalue weighted by atomic mass is 35.5. The Kier molecular flexibility index (Phi) is 25.2. The number of ether oxygens (including phenoxy) is 6. The molecular formula is C64H73Cl4F3N12O13. The number of aromatic nitrogens is 12. The number of hydrogen-bond donors (Lipinski definition) is 2. The van der Waals surface area contributed by atoms with Crippen LogP contribution in [0.5, 0.6) is 23.5 Å². The first-order valence-corrected chi connectivity index (χ1v) is 30.6. The highest BCUT2D eigenvalue weighted by Gasteiger charge is 2.38. The largest absolute Gasteiger partial charge is 0.478 e. The molecule has 0 saturated heterocycles. The van der Waals surface area contributed by atoms with Gasteiger partial charge in [0, 0.05) is 49.1 Å². The third kappa shape index (κ3) is 22.4. The number of aromatic carboxylic acids is 2. The van der Waals surface area contributed by atoms with Crippen LogP contribution in [-0.4, -0.2) is 141 Å². The Hall–Kier alpha value is -8.86. The third-order valence-corrected chi connectivity index (χ3v) is 14.7. The Bertz CT molecular complexity index is 3790. The van der Waals surface area contributed by atoms with E-state index in [2.05, 4.69) is 68.0 Å². The molecule has 25 nitrogen and oxygen atoms in total. The summed E-state index contributed by atoms with van der Waals surface area (Å²) in [6.07, 6.45) is 6.36. The van der Waals surface area contributed by atoms with E-state index >= 15 is 0 Å².